The zero-order chi connectivity index (χ0) is 13.5. The number of anilines is 2. The normalized spacial score (nSPS) is 13.8. The lowest BCUT2D eigenvalue weighted by Gasteiger charge is -2.29. The van der Waals surface area contributed by atoms with Crippen LogP contribution in [-0.4, -0.2) is 5.11 Å². The summed E-state index contributed by atoms with van der Waals surface area (Å²) in [6, 6.07) is 19.8. The van der Waals surface area contributed by atoms with Crippen molar-refractivity contribution in [2.24, 2.45) is 0 Å². The first kappa shape index (κ1) is 11.2. The Morgan fingerprint density at radius 2 is 1.35 bits per heavy atom. The molecule has 0 aliphatic carbocycles. The molecule has 0 spiro atoms. The molecule has 3 nitrogen and oxygen atoms in total. The Morgan fingerprint density at radius 1 is 0.750 bits per heavy atom. The second-order valence-corrected chi connectivity index (χ2v) is 5.02. The molecule has 0 saturated heterocycles. The highest BCUT2D eigenvalue weighted by atomic mass is 16.3. The number of phenols is 1. The quantitative estimate of drug-likeness (QED) is 0.619. The largest absolute Gasteiger partial charge is 0.508 e. The standard InChI is InChI=1S/C17H14N2O/c20-13-9-7-12(8-10-13)17-18-14-5-1-3-11-4-2-6-15(19-17)16(11)14/h1-10,17-20H. The van der Waals surface area contributed by atoms with E-state index in [-0.39, 0.29) is 11.9 Å². The zero-order valence-corrected chi connectivity index (χ0v) is 10.8. The van der Waals surface area contributed by atoms with Gasteiger partial charge in [-0.25, -0.2) is 0 Å². The van der Waals surface area contributed by atoms with Gasteiger partial charge in [0, 0.05) is 16.8 Å². The summed E-state index contributed by atoms with van der Waals surface area (Å²) in [5, 5.41) is 18.9. The SMILES string of the molecule is Oc1ccc(C2Nc3cccc4cccc(c34)N2)cc1. The molecule has 0 bridgehead atoms. The van der Waals surface area contributed by atoms with Crippen molar-refractivity contribution in [1.29, 1.82) is 0 Å². The van der Waals surface area contributed by atoms with Crippen molar-refractivity contribution in [2.75, 3.05) is 10.6 Å². The molecular weight excluding hydrogens is 248 g/mol. The lowest BCUT2D eigenvalue weighted by molar-refractivity contribution is 0.475. The van der Waals surface area contributed by atoms with Gasteiger partial charge in [0.25, 0.3) is 0 Å². The minimum atomic E-state index is 0.0103. The van der Waals surface area contributed by atoms with E-state index in [1.54, 1.807) is 12.1 Å². The average Bonchev–Trinajstić information content (AvgIpc) is 2.48. The molecule has 1 aliphatic rings. The second kappa shape index (κ2) is 4.17. The second-order valence-electron chi connectivity index (χ2n) is 5.02. The lowest BCUT2D eigenvalue weighted by Crippen LogP contribution is -2.23. The summed E-state index contributed by atoms with van der Waals surface area (Å²) < 4.78 is 0. The molecule has 0 atom stereocenters. The molecule has 0 unspecified atom stereocenters. The Kier molecular flexibility index (Phi) is 2.33. The minimum Gasteiger partial charge on any atom is -0.508 e. The van der Waals surface area contributed by atoms with Gasteiger partial charge in [-0.05, 0) is 35.2 Å². The van der Waals surface area contributed by atoms with Crippen molar-refractivity contribution < 1.29 is 5.11 Å². The number of hydrogen-bond donors (Lipinski definition) is 3. The maximum atomic E-state index is 9.40. The average molecular weight is 262 g/mol. The number of nitrogens with one attached hydrogen (secondary N) is 2. The van der Waals surface area contributed by atoms with Crippen LogP contribution in [0.25, 0.3) is 10.8 Å². The number of benzene rings is 3. The molecule has 3 heteroatoms. The van der Waals surface area contributed by atoms with Crippen LogP contribution < -0.4 is 10.6 Å². The van der Waals surface area contributed by atoms with Crippen LogP contribution in [0.15, 0.2) is 60.7 Å². The van der Waals surface area contributed by atoms with Gasteiger partial charge in [-0.2, -0.15) is 0 Å². The molecule has 3 aromatic carbocycles. The first-order chi connectivity index (χ1) is 9.81. The summed E-state index contributed by atoms with van der Waals surface area (Å²) in [6.45, 7) is 0. The van der Waals surface area contributed by atoms with E-state index in [4.69, 9.17) is 0 Å². The first-order valence-electron chi connectivity index (χ1n) is 6.65. The van der Waals surface area contributed by atoms with Gasteiger partial charge < -0.3 is 15.7 Å². The van der Waals surface area contributed by atoms with Crippen molar-refractivity contribution in [3.05, 3.63) is 66.2 Å². The van der Waals surface area contributed by atoms with Gasteiger partial charge in [-0.15, -0.1) is 0 Å². The van der Waals surface area contributed by atoms with Crippen LogP contribution in [0.2, 0.25) is 0 Å². The highest BCUT2D eigenvalue weighted by Gasteiger charge is 2.19. The highest BCUT2D eigenvalue weighted by Crippen LogP contribution is 2.38. The molecule has 0 amide bonds. The van der Waals surface area contributed by atoms with Crippen LogP contribution in [0, 0.1) is 0 Å². The predicted octanol–water partition coefficient (Wildman–Crippen LogP) is 4.08. The van der Waals surface area contributed by atoms with E-state index in [1.807, 2.05) is 12.1 Å². The van der Waals surface area contributed by atoms with Crippen molar-refractivity contribution >= 4 is 22.1 Å². The molecule has 4 rings (SSSR count). The molecule has 0 aromatic heterocycles. The van der Waals surface area contributed by atoms with E-state index in [0.717, 1.165) is 16.9 Å². The summed E-state index contributed by atoms with van der Waals surface area (Å²) in [7, 11) is 0. The van der Waals surface area contributed by atoms with Crippen molar-refractivity contribution in [3.63, 3.8) is 0 Å². The van der Waals surface area contributed by atoms with Gasteiger partial charge in [-0.3, -0.25) is 0 Å². The lowest BCUT2D eigenvalue weighted by atomic mass is 10.0. The third-order valence-corrected chi connectivity index (χ3v) is 3.73. The fourth-order valence-electron chi connectivity index (χ4n) is 2.76. The topological polar surface area (TPSA) is 44.3 Å². The summed E-state index contributed by atoms with van der Waals surface area (Å²) in [5.41, 5.74) is 3.36. The zero-order valence-electron chi connectivity index (χ0n) is 10.8. The van der Waals surface area contributed by atoms with Crippen molar-refractivity contribution in [1.82, 2.24) is 0 Å². The number of aromatic hydroxyl groups is 1. The molecule has 20 heavy (non-hydrogen) atoms. The Bertz CT molecular complexity index is 740. The maximum absolute atomic E-state index is 9.40. The Hall–Kier alpha value is -2.68. The van der Waals surface area contributed by atoms with E-state index >= 15 is 0 Å². The van der Waals surface area contributed by atoms with Crippen LogP contribution >= 0.6 is 0 Å². The third-order valence-electron chi connectivity index (χ3n) is 3.73. The summed E-state index contributed by atoms with van der Waals surface area (Å²) in [4.78, 5) is 0. The summed E-state index contributed by atoms with van der Waals surface area (Å²) >= 11 is 0. The molecule has 1 aliphatic heterocycles. The van der Waals surface area contributed by atoms with Crippen molar-refractivity contribution in [2.45, 2.75) is 6.17 Å². The van der Waals surface area contributed by atoms with E-state index < -0.39 is 0 Å². The van der Waals surface area contributed by atoms with E-state index in [9.17, 15) is 5.11 Å². The summed E-state index contributed by atoms with van der Waals surface area (Å²) in [6.07, 6.45) is 0.0103. The number of hydrogen-bond acceptors (Lipinski definition) is 3. The molecule has 1 heterocycles. The van der Waals surface area contributed by atoms with Crippen LogP contribution in [0.5, 0.6) is 5.75 Å². The Labute approximate surface area is 116 Å². The van der Waals surface area contributed by atoms with Crippen LogP contribution in [0.1, 0.15) is 11.7 Å². The fourth-order valence-corrected chi connectivity index (χ4v) is 2.76. The summed E-state index contributed by atoms with van der Waals surface area (Å²) in [5.74, 6) is 0.284. The third kappa shape index (κ3) is 1.67. The van der Waals surface area contributed by atoms with E-state index in [1.165, 1.54) is 10.8 Å². The fraction of sp³-hybridized carbons (Fsp3) is 0.0588. The molecule has 0 saturated carbocycles. The minimum absolute atomic E-state index is 0.0103. The van der Waals surface area contributed by atoms with Gasteiger partial charge in [0.05, 0.1) is 0 Å². The van der Waals surface area contributed by atoms with Gasteiger partial charge in [-0.1, -0.05) is 36.4 Å². The van der Waals surface area contributed by atoms with Crippen LogP contribution in [0.4, 0.5) is 11.4 Å². The molecule has 0 fully saturated rings. The first-order valence-corrected chi connectivity index (χ1v) is 6.65. The van der Waals surface area contributed by atoms with Gasteiger partial charge in [0.1, 0.15) is 11.9 Å². The molecular formula is C17H14N2O. The van der Waals surface area contributed by atoms with Gasteiger partial charge >= 0.3 is 0 Å². The van der Waals surface area contributed by atoms with Gasteiger partial charge in [0.15, 0.2) is 0 Å². The van der Waals surface area contributed by atoms with Gasteiger partial charge in [0.2, 0.25) is 0 Å². The van der Waals surface area contributed by atoms with E-state index in [2.05, 4.69) is 47.0 Å². The van der Waals surface area contributed by atoms with Crippen molar-refractivity contribution in [3.8, 4) is 5.75 Å². The number of phenolic OH excluding ortho intramolecular Hbond substituents is 1. The maximum Gasteiger partial charge on any atom is 0.123 e. The molecule has 3 N–H and O–H groups in total. The predicted molar refractivity (Wildman–Crippen MR) is 82.0 cm³/mol. The smallest absolute Gasteiger partial charge is 0.123 e. The van der Waals surface area contributed by atoms with Crippen LogP contribution in [0.3, 0.4) is 0 Å². The Balaban J connectivity index is 1.81. The van der Waals surface area contributed by atoms with E-state index in [0.29, 0.717) is 0 Å². The monoisotopic (exact) mass is 262 g/mol. The molecule has 3 aromatic rings. The number of rotatable bonds is 1. The Morgan fingerprint density at radius 3 is 1.95 bits per heavy atom. The highest BCUT2D eigenvalue weighted by molar-refractivity contribution is 6.04. The molecule has 0 radical (unpaired) electrons. The molecule has 98 valence electrons. The van der Waals surface area contributed by atoms with Crippen LogP contribution in [-0.2, 0) is 0 Å².